The van der Waals surface area contributed by atoms with Gasteiger partial charge in [-0.15, -0.1) is 0 Å². The average Bonchev–Trinajstić information content (AvgIpc) is 2.51. The van der Waals surface area contributed by atoms with Crippen LogP contribution in [0.3, 0.4) is 0 Å². The van der Waals surface area contributed by atoms with E-state index in [1.807, 2.05) is 0 Å². The Labute approximate surface area is 157 Å². The lowest BCUT2D eigenvalue weighted by Crippen LogP contribution is -2.15. The zero-order chi connectivity index (χ0) is 22.3. The highest BCUT2D eigenvalue weighted by Gasteiger charge is 2.37. The number of Topliss-reactive ketones (excluding diaryl/α,β-unsaturated/α-hetero) is 1. The lowest BCUT2D eigenvalue weighted by Gasteiger charge is -2.13. The molecule has 0 spiro atoms. The topological polar surface area (TPSA) is 100 Å². The van der Waals surface area contributed by atoms with Crippen LogP contribution in [0.1, 0.15) is 40.9 Å². The first-order chi connectivity index (χ1) is 13.1. The molecule has 2 rings (SSSR count). The normalized spacial score (nSPS) is 12.9. The fourth-order valence-corrected chi connectivity index (χ4v) is 2.40. The van der Waals surface area contributed by atoms with Crippen LogP contribution in [0.15, 0.2) is 32.4 Å². The Morgan fingerprint density at radius 2 is 1.41 bits per heavy atom. The van der Waals surface area contributed by atoms with Crippen LogP contribution >= 0.6 is 0 Å². The van der Waals surface area contributed by atoms with Crippen molar-refractivity contribution >= 4 is 17.2 Å². The van der Waals surface area contributed by atoms with Crippen LogP contribution in [0.25, 0.3) is 0 Å². The van der Waals surface area contributed by atoms with E-state index in [9.17, 15) is 46.1 Å². The number of hydrogen-bond donors (Lipinski definition) is 2. The van der Waals surface area contributed by atoms with E-state index in [0.717, 1.165) is 13.8 Å². The molecule has 0 unspecified atom stereocenters. The number of carbonyl (C=O) groups is 1. The number of aromatic hydroxyl groups is 2. The van der Waals surface area contributed by atoms with Crippen LogP contribution < -0.4 is 5.63 Å². The maximum Gasteiger partial charge on any atom is 0.416 e. The lowest BCUT2D eigenvalue weighted by molar-refractivity contribution is -0.143. The molecule has 12 heteroatoms. The Morgan fingerprint density at radius 1 is 0.931 bits per heavy atom. The Morgan fingerprint density at radius 3 is 1.83 bits per heavy atom. The van der Waals surface area contributed by atoms with Crippen LogP contribution in [-0.2, 0) is 12.4 Å². The second-order valence-corrected chi connectivity index (χ2v) is 5.81. The van der Waals surface area contributed by atoms with E-state index in [1.165, 1.54) is 0 Å². The Bertz CT molecular complexity index is 1030. The summed E-state index contributed by atoms with van der Waals surface area (Å²) in [6.45, 7) is 1.90. The van der Waals surface area contributed by atoms with E-state index < -0.39 is 69.1 Å². The van der Waals surface area contributed by atoms with Gasteiger partial charge in [-0.05, 0) is 32.0 Å². The fourth-order valence-electron chi connectivity index (χ4n) is 2.40. The molecule has 29 heavy (non-hydrogen) atoms. The molecule has 6 nitrogen and oxygen atoms in total. The van der Waals surface area contributed by atoms with Crippen molar-refractivity contribution in [2.45, 2.75) is 26.2 Å². The Hall–Kier alpha value is -3.31. The summed E-state index contributed by atoms with van der Waals surface area (Å²) in [7, 11) is 0. The number of aliphatic imine (C=N–C) groups is 1. The van der Waals surface area contributed by atoms with Gasteiger partial charge in [-0.3, -0.25) is 9.79 Å². The first-order valence-electron chi connectivity index (χ1n) is 7.58. The summed E-state index contributed by atoms with van der Waals surface area (Å²) in [6, 6.07) is 0.516. The highest BCUT2D eigenvalue weighted by molar-refractivity contribution is 6.07. The summed E-state index contributed by atoms with van der Waals surface area (Å²) in [5, 5.41) is 19.5. The second-order valence-electron chi connectivity index (χ2n) is 5.81. The minimum atomic E-state index is -5.11. The lowest BCUT2D eigenvalue weighted by atomic mass is 10.1. The predicted molar refractivity (Wildman–Crippen MR) is 86.6 cm³/mol. The minimum Gasteiger partial charge on any atom is -0.506 e. The summed E-state index contributed by atoms with van der Waals surface area (Å²) in [6.07, 6.45) is -10.2. The first-order valence-corrected chi connectivity index (χ1v) is 7.58. The van der Waals surface area contributed by atoms with Crippen LogP contribution in [-0.4, -0.2) is 21.7 Å². The average molecular weight is 423 g/mol. The first kappa shape index (κ1) is 22.0. The number of halogens is 6. The smallest absolute Gasteiger partial charge is 0.416 e. The second kappa shape index (κ2) is 7.26. The molecule has 156 valence electrons. The van der Waals surface area contributed by atoms with Crippen LogP contribution in [0.4, 0.5) is 32.0 Å². The van der Waals surface area contributed by atoms with E-state index >= 15 is 0 Å². The van der Waals surface area contributed by atoms with Gasteiger partial charge in [-0.2, -0.15) is 26.3 Å². The van der Waals surface area contributed by atoms with Gasteiger partial charge in [0.2, 0.25) is 0 Å². The molecule has 0 saturated carbocycles. The fraction of sp³-hybridized carbons (Fsp3) is 0.235. The van der Waals surface area contributed by atoms with Crippen molar-refractivity contribution in [2.75, 3.05) is 0 Å². The maximum absolute atomic E-state index is 12.9. The molecule has 0 aliphatic heterocycles. The van der Waals surface area contributed by atoms with E-state index in [0.29, 0.717) is 12.1 Å². The summed E-state index contributed by atoms with van der Waals surface area (Å²) in [5.74, 6) is -3.19. The van der Waals surface area contributed by atoms with Gasteiger partial charge in [-0.1, -0.05) is 0 Å². The van der Waals surface area contributed by atoms with Gasteiger partial charge in [0.1, 0.15) is 16.9 Å². The number of nitrogens with zero attached hydrogens (tertiary/aromatic N) is 1. The van der Waals surface area contributed by atoms with Crippen molar-refractivity contribution < 1.29 is 45.8 Å². The molecular weight excluding hydrogens is 412 g/mol. The highest BCUT2D eigenvalue weighted by Crippen LogP contribution is 2.38. The molecule has 0 amide bonds. The summed E-state index contributed by atoms with van der Waals surface area (Å²) >= 11 is 0. The molecule has 0 aliphatic carbocycles. The predicted octanol–water partition coefficient (Wildman–Crippen LogP) is 4.43. The van der Waals surface area contributed by atoms with Gasteiger partial charge < -0.3 is 14.6 Å². The van der Waals surface area contributed by atoms with E-state index in [1.54, 1.807) is 0 Å². The van der Waals surface area contributed by atoms with E-state index in [4.69, 9.17) is 0 Å². The van der Waals surface area contributed by atoms with Gasteiger partial charge in [0.05, 0.1) is 22.5 Å². The summed E-state index contributed by atoms with van der Waals surface area (Å²) in [4.78, 5) is 26.9. The van der Waals surface area contributed by atoms with Crippen molar-refractivity contribution in [3.8, 4) is 11.7 Å². The van der Waals surface area contributed by atoms with Gasteiger partial charge in [-0.25, -0.2) is 4.79 Å². The van der Waals surface area contributed by atoms with Crippen LogP contribution in [0, 0.1) is 0 Å². The quantitative estimate of drug-likeness (QED) is 0.432. The molecule has 1 heterocycles. The standard InChI is InChI=1S/C17H11F6NO5/c1-6(11-13(26)12(7(2)25)15(28)29-14(11)27)24-10-4-8(16(18,19)20)3-9(5-10)17(21,22)23/h3-5,26,28H,1-2H3. The number of rotatable bonds is 3. The zero-order valence-corrected chi connectivity index (χ0v) is 14.6. The largest absolute Gasteiger partial charge is 0.506 e. The summed E-state index contributed by atoms with van der Waals surface area (Å²) < 4.78 is 81.9. The van der Waals surface area contributed by atoms with Crippen LogP contribution in [0.2, 0.25) is 0 Å². The third-order valence-electron chi connectivity index (χ3n) is 3.66. The van der Waals surface area contributed by atoms with E-state index in [-0.39, 0.29) is 6.07 Å². The molecule has 0 radical (unpaired) electrons. The molecule has 1 aromatic carbocycles. The maximum atomic E-state index is 12.9. The molecular formula is C17H11F6NO5. The molecule has 0 aliphatic rings. The Kier molecular flexibility index (Phi) is 5.50. The van der Waals surface area contributed by atoms with Crippen molar-refractivity contribution in [1.29, 1.82) is 0 Å². The number of benzene rings is 1. The van der Waals surface area contributed by atoms with Gasteiger partial charge in [0.25, 0.3) is 5.95 Å². The third-order valence-corrected chi connectivity index (χ3v) is 3.66. The molecule has 0 saturated heterocycles. The molecule has 0 fully saturated rings. The number of hydrogen-bond acceptors (Lipinski definition) is 6. The number of alkyl halides is 6. The molecule has 2 N–H and O–H groups in total. The van der Waals surface area contributed by atoms with Crippen molar-refractivity contribution in [3.63, 3.8) is 0 Å². The molecule has 0 bridgehead atoms. The molecule has 2 aromatic rings. The van der Waals surface area contributed by atoms with Crippen molar-refractivity contribution in [2.24, 2.45) is 4.99 Å². The van der Waals surface area contributed by atoms with Crippen molar-refractivity contribution in [3.05, 3.63) is 50.9 Å². The Balaban J connectivity index is 2.74. The van der Waals surface area contributed by atoms with Gasteiger partial charge in [0, 0.05) is 0 Å². The summed E-state index contributed by atoms with van der Waals surface area (Å²) in [5.41, 5.74) is -7.65. The monoisotopic (exact) mass is 423 g/mol. The third kappa shape index (κ3) is 4.58. The highest BCUT2D eigenvalue weighted by atomic mass is 19.4. The van der Waals surface area contributed by atoms with Crippen LogP contribution in [0.5, 0.6) is 11.7 Å². The molecule has 1 aromatic heterocycles. The number of carbonyl (C=O) groups excluding carboxylic acids is 1. The molecule has 0 atom stereocenters. The minimum absolute atomic E-state index is 0.103. The zero-order valence-electron chi connectivity index (χ0n) is 14.6. The SMILES string of the molecule is CC(=O)c1c(O)oc(=O)c(C(C)=Nc2cc(C(F)(F)F)cc(C(F)(F)F)c2)c1O. The number of ketones is 1. The van der Waals surface area contributed by atoms with Gasteiger partial charge in [0.15, 0.2) is 5.78 Å². The van der Waals surface area contributed by atoms with Crippen molar-refractivity contribution in [1.82, 2.24) is 0 Å². The van der Waals surface area contributed by atoms with E-state index in [2.05, 4.69) is 9.41 Å². The van der Waals surface area contributed by atoms with Gasteiger partial charge >= 0.3 is 18.0 Å².